The molecule has 0 saturated carbocycles. The number of aryl methyl sites for hydroxylation is 1. The predicted molar refractivity (Wildman–Crippen MR) is 131 cm³/mol. The second kappa shape index (κ2) is 8.80. The van der Waals surface area contributed by atoms with Crippen LogP contribution in [0.2, 0.25) is 5.02 Å². The van der Waals surface area contributed by atoms with Gasteiger partial charge in [-0.3, -0.25) is 9.48 Å². The fraction of sp³-hybridized carbons (Fsp3) is 0.250. The molecule has 1 saturated heterocycles. The average molecular weight is 462 g/mol. The molecule has 0 aliphatic carbocycles. The van der Waals surface area contributed by atoms with E-state index < -0.39 is 0 Å². The molecular formula is C24H24ClN7O. The van der Waals surface area contributed by atoms with Crippen molar-refractivity contribution in [3.63, 3.8) is 0 Å². The molecule has 0 bridgehead atoms. The van der Waals surface area contributed by atoms with Crippen LogP contribution in [0.3, 0.4) is 0 Å². The number of carbonyl (C=O) groups excluding carboxylic acids is 1. The summed E-state index contributed by atoms with van der Waals surface area (Å²) >= 11 is 6.62. The number of hydrogen-bond donors (Lipinski definition) is 1. The number of amides is 1. The highest BCUT2D eigenvalue weighted by Crippen LogP contribution is 2.29. The summed E-state index contributed by atoms with van der Waals surface area (Å²) < 4.78 is 1.77. The third-order valence-corrected chi connectivity index (χ3v) is 6.29. The van der Waals surface area contributed by atoms with Crippen molar-refractivity contribution in [2.24, 2.45) is 7.05 Å². The van der Waals surface area contributed by atoms with Crippen LogP contribution in [0, 0.1) is 0 Å². The number of carbonyl (C=O) groups is 1. The van der Waals surface area contributed by atoms with Gasteiger partial charge in [-0.2, -0.15) is 5.10 Å². The number of hydrogen-bond acceptors (Lipinski definition) is 6. The van der Waals surface area contributed by atoms with Crippen LogP contribution in [0.25, 0.3) is 21.9 Å². The van der Waals surface area contributed by atoms with Crippen molar-refractivity contribution in [1.82, 2.24) is 24.6 Å². The molecular weight excluding hydrogens is 438 g/mol. The van der Waals surface area contributed by atoms with Gasteiger partial charge >= 0.3 is 0 Å². The molecule has 1 aliphatic heterocycles. The largest absolute Gasteiger partial charge is 0.353 e. The number of rotatable bonds is 4. The Labute approximate surface area is 196 Å². The molecule has 1 fully saturated rings. The predicted octanol–water partition coefficient (Wildman–Crippen LogP) is 3.69. The van der Waals surface area contributed by atoms with Crippen LogP contribution in [0.5, 0.6) is 0 Å². The minimum absolute atomic E-state index is 0.312. The molecule has 1 amide bonds. The first kappa shape index (κ1) is 21.4. The van der Waals surface area contributed by atoms with Gasteiger partial charge in [0, 0.05) is 62.8 Å². The molecule has 0 atom stereocenters. The highest BCUT2D eigenvalue weighted by Gasteiger charge is 2.22. The Balaban J connectivity index is 1.39. The van der Waals surface area contributed by atoms with Gasteiger partial charge in [-0.25, -0.2) is 9.97 Å². The van der Waals surface area contributed by atoms with E-state index in [0.717, 1.165) is 48.1 Å². The Hall–Kier alpha value is -3.49. The number of nitrogens with zero attached hydrogens (tertiary/aromatic N) is 6. The molecule has 4 aromatic rings. The quantitative estimate of drug-likeness (QED) is 0.499. The maximum Gasteiger partial charge on any atom is 0.258 e. The SMILES string of the molecule is CN1CCN(c2nccc(C(=O)Nc3cc4cc(-c5cnn(C)c5)ccc4cn3)c2Cl)CC1. The summed E-state index contributed by atoms with van der Waals surface area (Å²) in [6.07, 6.45) is 7.17. The molecule has 1 aliphatic rings. The number of pyridine rings is 2. The lowest BCUT2D eigenvalue weighted by Crippen LogP contribution is -2.45. The number of likely N-dealkylation sites (N-methyl/N-ethyl adjacent to an activating group) is 1. The van der Waals surface area contributed by atoms with E-state index >= 15 is 0 Å². The first-order valence-corrected chi connectivity index (χ1v) is 11.1. The molecule has 0 spiro atoms. The molecule has 3 aromatic heterocycles. The Kier molecular flexibility index (Phi) is 5.70. The minimum Gasteiger partial charge on any atom is -0.353 e. The van der Waals surface area contributed by atoms with Gasteiger partial charge < -0.3 is 15.1 Å². The third kappa shape index (κ3) is 4.40. The van der Waals surface area contributed by atoms with E-state index in [1.807, 2.05) is 37.6 Å². The molecule has 1 N–H and O–H groups in total. The summed E-state index contributed by atoms with van der Waals surface area (Å²) in [7, 11) is 3.98. The summed E-state index contributed by atoms with van der Waals surface area (Å²) in [6.45, 7) is 3.49. The van der Waals surface area contributed by atoms with Gasteiger partial charge in [0.25, 0.3) is 5.91 Å². The lowest BCUT2D eigenvalue weighted by molar-refractivity contribution is 0.102. The number of halogens is 1. The van der Waals surface area contributed by atoms with Crippen LogP contribution in [-0.2, 0) is 7.05 Å². The number of fused-ring (bicyclic) bond motifs is 1. The van der Waals surface area contributed by atoms with Crippen LogP contribution in [-0.4, -0.2) is 63.8 Å². The van der Waals surface area contributed by atoms with E-state index in [4.69, 9.17) is 11.6 Å². The second-order valence-electron chi connectivity index (χ2n) is 8.27. The van der Waals surface area contributed by atoms with Crippen LogP contribution < -0.4 is 10.2 Å². The van der Waals surface area contributed by atoms with Crippen molar-refractivity contribution >= 4 is 39.9 Å². The summed E-state index contributed by atoms with van der Waals surface area (Å²) in [5, 5.41) is 9.45. The zero-order valence-corrected chi connectivity index (χ0v) is 19.3. The molecule has 0 radical (unpaired) electrons. The summed E-state index contributed by atoms with van der Waals surface area (Å²) in [5.41, 5.74) is 2.46. The molecule has 9 heteroatoms. The monoisotopic (exact) mass is 461 g/mol. The van der Waals surface area contributed by atoms with Crippen LogP contribution in [0.1, 0.15) is 10.4 Å². The molecule has 168 valence electrons. The number of aromatic nitrogens is 4. The zero-order valence-electron chi connectivity index (χ0n) is 18.5. The second-order valence-corrected chi connectivity index (χ2v) is 8.65. The molecule has 4 heterocycles. The Morgan fingerprint density at radius 3 is 2.55 bits per heavy atom. The van der Waals surface area contributed by atoms with Gasteiger partial charge in [0.2, 0.25) is 0 Å². The van der Waals surface area contributed by atoms with Crippen molar-refractivity contribution < 1.29 is 4.79 Å². The summed E-state index contributed by atoms with van der Waals surface area (Å²) in [5.74, 6) is 0.794. The van der Waals surface area contributed by atoms with Crippen molar-refractivity contribution in [3.8, 4) is 11.1 Å². The number of anilines is 2. The summed E-state index contributed by atoms with van der Waals surface area (Å²) in [6, 6.07) is 9.62. The third-order valence-electron chi connectivity index (χ3n) is 5.92. The summed E-state index contributed by atoms with van der Waals surface area (Å²) in [4.78, 5) is 26.3. The fourth-order valence-corrected chi connectivity index (χ4v) is 4.31. The van der Waals surface area contributed by atoms with Gasteiger partial charge in [-0.05, 0) is 36.2 Å². The Morgan fingerprint density at radius 1 is 0.970 bits per heavy atom. The molecule has 1 aromatic carbocycles. The van der Waals surface area contributed by atoms with Gasteiger partial charge in [0.15, 0.2) is 0 Å². The standard InChI is InChI=1S/C24H24ClN7O/c1-30-7-9-32(10-8-30)23-22(25)20(5-6-26-23)24(33)29-21-12-18-11-16(3-4-17(18)13-27-21)19-14-28-31(2)15-19/h3-6,11-15H,7-10H2,1-2H3,(H,27,29,33). The van der Waals surface area contributed by atoms with Crippen LogP contribution in [0.4, 0.5) is 11.6 Å². The number of benzene rings is 1. The lowest BCUT2D eigenvalue weighted by atomic mass is 10.1. The van der Waals surface area contributed by atoms with Crippen LogP contribution >= 0.6 is 11.6 Å². The van der Waals surface area contributed by atoms with Gasteiger partial charge in [0.05, 0.1) is 16.8 Å². The minimum atomic E-state index is -0.312. The van der Waals surface area contributed by atoms with Crippen molar-refractivity contribution in [2.75, 3.05) is 43.4 Å². The first-order chi connectivity index (χ1) is 16.0. The Bertz CT molecular complexity index is 1330. The molecule has 5 rings (SSSR count). The highest BCUT2D eigenvalue weighted by molar-refractivity contribution is 6.36. The average Bonchev–Trinajstić information content (AvgIpc) is 3.25. The van der Waals surface area contributed by atoms with Gasteiger partial charge in [-0.15, -0.1) is 0 Å². The molecule has 0 unspecified atom stereocenters. The molecule has 8 nitrogen and oxygen atoms in total. The van der Waals surface area contributed by atoms with Crippen molar-refractivity contribution in [3.05, 3.63) is 65.7 Å². The van der Waals surface area contributed by atoms with E-state index in [1.54, 1.807) is 23.1 Å². The van der Waals surface area contributed by atoms with E-state index in [-0.39, 0.29) is 5.91 Å². The van der Waals surface area contributed by atoms with Crippen LogP contribution in [0.15, 0.2) is 55.1 Å². The lowest BCUT2D eigenvalue weighted by Gasteiger charge is -2.33. The normalized spacial score (nSPS) is 14.6. The number of nitrogens with one attached hydrogen (secondary N) is 1. The van der Waals surface area contributed by atoms with Gasteiger partial charge in [-0.1, -0.05) is 23.7 Å². The van der Waals surface area contributed by atoms with E-state index in [0.29, 0.717) is 22.2 Å². The molecule has 33 heavy (non-hydrogen) atoms. The van der Waals surface area contributed by atoms with E-state index in [1.165, 1.54) is 0 Å². The highest BCUT2D eigenvalue weighted by atomic mass is 35.5. The van der Waals surface area contributed by atoms with Gasteiger partial charge in [0.1, 0.15) is 11.6 Å². The smallest absolute Gasteiger partial charge is 0.258 e. The first-order valence-electron chi connectivity index (χ1n) is 10.8. The van der Waals surface area contributed by atoms with Crippen molar-refractivity contribution in [1.29, 1.82) is 0 Å². The maximum absolute atomic E-state index is 13.0. The Morgan fingerprint density at radius 2 is 1.79 bits per heavy atom. The van der Waals surface area contributed by atoms with Crippen molar-refractivity contribution in [2.45, 2.75) is 0 Å². The number of piperazine rings is 1. The van der Waals surface area contributed by atoms with E-state index in [2.05, 4.69) is 43.3 Å². The zero-order chi connectivity index (χ0) is 22.9. The fourth-order valence-electron chi connectivity index (χ4n) is 3.99. The maximum atomic E-state index is 13.0. The van der Waals surface area contributed by atoms with E-state index in [9.17, 15) is 4.79 Å². The topological polar surface area (TPSA) is 79.2 Å².